The molecule has 0 radical (unpaired) electrons. The fourth-order valence-corrected chi connectivity index (χ4v) is 3.90. The van der Waals surface area contributed by atoms with Crippen molar-refractivity contribution in [3.05, 3.63) is 108 Å². The Morgan fingerprint density at radius 3 is 2.74 bits per heavy atom. The molecule has 1 unspecified atom stereocenters. The molecular weight excluding hydrogens is 388 g/mol. The highest BCUT2D eigenvalue weighted by atomic mass is 16.5. The second-order valence-corrected chi connectivity index (χ2v) is 7.71. The molecule has 2 aromatic carbocycles. The molecule has 156 valence electrons. The van der Waals surface area contributed by atoms with Gasteiger partial charge in [0.05, 0.1) is 17.6 Å². The number of pyridine rings is 1. The van der Waals surface area contributed by atoms with Crippen LogP contribution in [-0.2, 0) is 13.1 Å². The maximum Gasteiger partial charge on any atom is 0.123 e. The number of aliphatic hydroxyl groups is 1. The van der Waals surface area contributed by atoms with Crippen LogP contribution >= 0.6 is 0 Å². The topological polar surface area (TPSA) is 63.4 Å². The standard InChI is InChI=1S/C25H24N4O2/c30-25(23-8-4-5-11-26-23)20-9-10-24-21(14-20)18-28(12-13-31-24)16-19-15-27-29(17-19)22-6-2-1-3-7-22/h1-11,14-15,17,25,30H,12-13,16,18H2. The summed E-state index contributed by atoms with van der Waals surface area (Å²) < 4.78 is 7.87. The maximum absolute atomic E-state index is 10.7. The Kier molecular flexibility index (Phi) is 5.48. The van der Waals surface area contributed by atoms with Crippen LogP contribution in [0.15, 0.2) is 85.3 Å². The number of hydrogen-bond donors (Lipinski definition) is 1. The Morgan fingerprint density at radius 1 is 1.03 bits per heavy atom. The fourth-order valence-electron chi connectivity index (χ4n) is 3.90. The van der Waals surface area contributed by atoms with E-state index >= 15 is 0 Å². The summed E-state index contributed by atoms with van der Waals surface area (Å²) in [6, 6.07) is 21.6. The van der Waals surface area contributed by atoms with Crippen LogP contribution in [0.3, 0.4) is 0 Å². The van der Waals surface area contributed by atoms with Crippen molar-refractivity contribution in [1.29, 1.82) is 0 Å². The van der Waals surface area contributed by atoms with Gasteiger partial charge >= 0.3 is 0 Å². The Hall–Kier alpha value is -3.48. The summed E-state index contributed by atoms with van der Waals surface area (Å²) in [7, 11) is 0. The van der Waals surface area contributed by atoms with Gasteiger partial charge in [0, 0.05) is 43.2 Å². The summed E-state index contributed by atoms with van der Waals surface area (Å²) in [5.74, 6) is 0.874. The van der Waals surface area contributed by atoms with Crippen molar-refractivity contribution >= 4 is 0 Å². The summed E-state index contributed by atoms with van der Waals surface area (Å²) in [4.78, 5) is 6.63. The van der Waals surface area contributed by atoms with Crippen molar-refractivity contribution < 1.29 is 9.84 Å². The van der Waals surface area contributed by atoms with Gasteiger partial charge in [-0.2, -0.15) is 5.10 Å². The third-order valence-electron chi connectivity index (χ3n) is 5.49. The molecule has 0 spiro atoms. The van der Waals surface area contributed by atoms with Crippen LogP contribution < -0.4 is 4.74 Å². The van der Waals surface area contributed by atoms with Gasteiger partial charge in [-0.15, -0.1) is 0 Å². The zero-order valence-electron chi connectivity index (χ0n) is 17.1. The molecule has 0 amide bonds. The summed E-state index contributed by atoms with van der Waals surface area (Å²) in [6.45, 7) is 2.97. The normalized spacial score (nSPS) is 15.0. The summed E-state index contributed by atoms with van der Waals surface area (Å²) >= 11 is 0. The molecule has 5 rings (SSSR count). The first-order chi connectivity index (χ1) is 15.3. The molecule has 6 nitrogen and oxygen atoms in total. The predicted molar refractivity (Wildman–Crippen MR) is 118 cm³/mol. The minimum atomic E-state index is -0.757. The van der Waals surface area contributed by atoms with Crippen molar-refractivity contribution in [2.45, 2.75) is 19.2 Å². The molecule has 1 atom stereocenters. The van der Waals surface area contributed by atoms with Crippen molar-refractivity contribution in [2.24, 2.45) is 0 Å². The number of ether oxygens (including phenoxy) is 1. The number of rotatable bonds is 5. The van der Waals surface area contributed by atoms with E-state index < -0.39 is 6.10 Å². The quantitative estimate of drug-likeness (QED) is 0.541. The largest absolute Gasteiger partial charge is 0.492 e. The molecule has 0 saturated carbocycles. The van der Waals surface area contributed by atoms with E-state index in [1.54, 1.807) is 6.20 Å². The third kappa shape index (κ3) is 4.35. The molecule has 0 saturated heterocycles. The highest BCUT2D eigenvalue weighted by Crippen LogP contribution is 2.29. The van der Waals surface area contributed by atoms with Crippen LogP contribution in [0.1, 0.15) is 28.5 Å². The maximum atomic E-state index is 10.7. The predicted octanol–water partition coefficient (Wildman–Crippen LogP) is 3.74. The number of fused-ring (bicyclic) bond motifs is 1. The van der Waals surface area contributed by atoms with Crippen molar-refractivity contribution in [3.8, 4) is 11.4 Å². The van der Waals surface area contributed by atoms with Gasteiger partial charge < -0.3 is 9.84 Å². The minimum absolute atomic E-state index is 0.627. The lowest BCUT2D eigenvalue weighted by Gasteiger charge is -2.19. The van der Waals surface area contributed by atoms with E-state index in [4.69, 9.17) is 4.74 Å². The Morgan fingerprint density at radius 2 is 1.90 bits per heavy atom. The van der Waals surface area contributed by atoms with Crippen LogP contribution in [0.5, 0.6) is 5.75 Å². The van der Waals surface area contributed by atoms with E-state index in [1.165, 1.54) is 0 Å². The Bertz CT molecular complexity index is 1140. The highest BCUT2D eigenvalue weighted by molar-refractivity contribution is 5.40. The number of aromatic nitrogens is 3. The van der Waals surface area contributed by atoms with Crippen LogP contribution in [-0.4, -0.2) is 37.9 Å². The van der Waals surface area contributed by atoms with Gasteiger partial charge in [0.2, 0.25) is 0 Å². The average molecular weight is 412 g/mol. The Labute approximate surface area is 181 Å². The van der Waals surface area contributed by atoms with Crippen molar-refractivity contribution in [3.63, 3.8) is 0 Å². The van der Waals surface area contributed by atoms with Crippen LogP contribution in [0.2, 0.25) is 0 Å². The summed E-state index contributed by atoms with van der Waals surface area (Å²) in [6.07, 6.45) is 4.93. The first kappa shape index (κ1) is 19.5. The molecule has 0 aliphatic carbocycles. The molecule has 0 bridgehead atoms. The first-order valence-corrected chi connectivity index (χ1v) is 10.4. The van der Waals surface area contributed by atoms with Crippen LogP contribution in [0, 0.1) is 0 Å². The van der Waals surface area contributed by atoms with E-state index in [0.717, 1.165) is 47.8 Å². The van der Waals surface area contributed by atoms with Crippen LogP contribution in [0.4, 0.5) is 0 Å². The molecule has 4 aromatic rings. The first-order valence-electron chi connectivity index (χ1n) is 10.4. The van der Waals surface area contributed by atoms with Gasteiger partial charge in [-0.25, -0.2) is 4.68 Å². The number of benzene rings is 2. The highest BCUT2D eigenvalue weighted by Gasteiger charge is 2.19. The van der Waals surface area contributed by atoms with Gasteiger partial charge in [0.15, 0.2) is 0 Å². The fraction of sp³-hybridized carbons (Fsp3) is 0.200. The lowest BCUT2D eigenvalue weighted by molar-refractivity contribution is 0.214. The SMILES string of the molecule is OC(c1ccc2c(c1)CN(Cc1cnn(-c3ccccc3)c1)CCO2)c1ccccn1. The number of aliphatic hydroxyl groups excluding tert-OH is 1. The molecule has 2 aromatic heterocycles. The van der Waals surface area contributed by atoms with Crippen molar-refractivity contribution in [2.75, 3.05) is 13.2 Å². The van der Waals surface area contributed by atoms with Crippen LogP contribution in [0.25, 0.3) is 5.69 Å². The van der Waals surface area contributed by atoms with E-state index in [0.29, 0.717) is 12.3 Å². The zero-order chi connectivity index (χ0) is 21.0. The van der Waals surface area contributed by atoms with Gasteiger partial charge in [0.1, 0.15) is 18.5 Å². The van der Waals surface area contributed by atoms with E-state index in [1.807, 2.05) is 77.6 Å². The monoisotopic (exact) mass is 412 g/mol. The average Bonchev–Trinajstić information content (AvgIpc) is 3.19. The van der Waals surface area contributed by atoms with Gasteiger partial charge in [-0.05, 0) is 42.0 Å². The molecule has 31 heavy (non-hydrogen) atoms. The summed E-state index contributed by atoms with van der Waals surface area (Å²) in [5.41, 5.74) is 4.73. The lowest BCUT2D eigenvalue weighted by atomic mass is 10.0. The molecule has 0 fully saturated rings. The van der Waals surface area contributed by atoms with Gasteiger partial charge in [-0.3, -0.25) is 9.88 Å². The van der Waals surface area contributed by atoms with E-state index in [2.05, 4.69) is 21.2 Å². The van der Waals surface area contributed by atoms with E-state index in [9.17, 15) is 5.11 Å². The second-order valence-electron chi connectivity index (χ2n) is 7.71. The Balaban J connectivity index is 1.33. The smallest absolute Gasteiger partial charge is 0.123 e. The number of para-hydroxylation sites is 1. The molecule has 6 heteroatoms. The lowest BCUT2D eigenvalue weighted by Crippen LogP contribution is -2.25. The number of nitrogens with zero attached hydrogens (tertiary/aromatic N) is 4. The van der Waals surface area contributed by atoms with E-state index in [-0.39, 0.29) is 0 Å². The zero-order valence-corrected chi connectivity index (χ0v) is 17.1. The van der Waals surface area contributed by atoms with Gasteiger partial charge in [0.25, 0.3) is 0 Å². The second kappa shape index (κ2) is 8.71. The molecular formula is C25H24N4O2. The molecule has 3 heterocycles. The minimum Gasteiger partial charge on any atom is -0.492 e. The number of hydrogen-bond acceptors (Lipinski definition) is 5. The molecule has 1 aliphatic rings. The third-order valence-corrected chi connectivity index (χ3v) is 5.49. The van der Waals surface area contributed by atoms with Crippen molar-refractivity contribution in [1.82, 2.24) is 19.7 Å². The molecule has 1 N–H and O–H groups in total. The molecule has 1 aliphatic heterocycles. The van der Waals surface area contributed by atoms with Gasteiger partial charge in [-0.1, -0.05) is 30.3 Å². The summed E-state index contributed by atoms with van der Waals surface area (Å²) in [5, 5.41) is 15.3.